The molecule has 0 aliphatic carbocycles. The summed E-state index contributed by atoms with van der Waals surface area (Å²) >= 11 is 1.53. The molecule has 1 aromatic carbocycles. The maximum atomic E-state index is 13.4. The van der Waals surface area contributed by atoms with Crippen LogP contribution in [0.4, 0.5) is 0 Å². The van der Waals surface area contributed by atoms with Crippen LogP contribution in [-0.2, 0) is 10.3 Å². The van der Waals surface area contributed by atoms with E-state index in [4.69, 9.17) is 15.1 Å². The number of fused-ring (bicyclic) bond motifs is 1. The first kappa shape index (κ1) is 18.5. The van der Waals surface area contributed by atoms with Crippen LogP contribution >= 0.6 is 11.3 Å². The highest BCUT2D eigenvalue weighted by Gasteiger charge is 2.48. The largest absolute Gasteiger partial charge is 0.464 e. The predicted molar refractivity (Wildman–Crippen MR) is 116 cm³/mol. The van der Waals surface area contributed by atoms with E-state index in [2.05, 4.69) is 9.97 Å². The number of thiophene rings is 1. The second-order valence-corrected chi connectivity index (χ2v) is 8.37. The molecule has 0 saturated carbocycles. The summed E-state index contributed by atoms with van der Waals surface area (Å²) in [7, 11) is 1.65. The van der Waals surface area contributed by atoms with E-state index in [1.165, 1.54) is 16.2 Å². The van der Waals surface area contributed by atoms with Gasteiger partial charge < -0.3 is 10.2 Å². The Kier molecular flexibility index (Phi) is 4.18. The molecule has 4 aromatic rings. The smallest absolute Gasteiger partial charge is 0.239 e. The molecule has 0 bridgehead atoms. The maximum Gasteiger partial charge on any atom is 0.239 e. The van der Waals surface area contributed by atoms with Crippen molar-refractivity contribution < 1.29 is 9.21 Å². The number of aliphatic imine (C=N–C) groups is 1. The van der Waals surface area contributed by atoms with Gasteiger partial charge in [-0.1, -0.05) is 12.1 Å². The molecule has 5 rings (SSSR count). The van der Waals surface area contributed by atoms with E-state index in [1.807, 2.05) is 42.6 Å². The number of nitrogens with zero attached hydrogens (tertiary/aromatic N) is 4. The lowest BCUT2D eigenvalue weighted by Crippen LogP contribution is -2.52. The number of furan rings is 1. The Morgan fingerprint density at radius 3 is 2.90 bits per heavy atom. The molecule has 7 nitrogen and oxygen atoms in total. The van der Waals surface area contributed by atoms with Gasteiger partial charge in [0.1, 0.15) is 11.1 Å². The Morgan fingerprint density at radius 1 is 1.23 bits per heavy atom. The minimum atomic E-state index is -0.862. The molecule has 0 radical (unpaired) electrons. The second-order valence-electron chi connectivity index (χ2n) is 7.46. The number of nitrogens with two attached hydrogens (primary N) is 1. The molecule has 1 amide bonds. The highest BCUT2D eigenvalue weighted by molar-refractivity contribution is 7.10. The first-order chi connectivity index (χ1) is 14.5. The van der Waals surface area contributed by atoms with Crippen LogP contribution in [0.25, 0.3) is 22.2 Å². The Labute approximate surface area is 176 Å². The SMILES string of the molecule is CN1C(=O)[C@H](c2ccc3ccoc3c2)[C@@](C)(c2cc(-c3cnccn3)cs2)N=C1N. The van der Waals surface area contributed by atoms with Gasteiger partial charge in [-0.25, -0.2) is 4.99 Å². The van der Waals surface area contributed by atoms with E-state index >= 15 is 0 Å². The fourth-order valence-electron chi connectivity index (χ4n) is 3.92. The standard InChI is InChI=1S/C22H19N5O2S/c1-22(18-10-15(12-30-18)16-11-24-6-7-25-16)19(20(28)27(2)21(23)26-22)14-4-3-13-5-8-29-17(13)9-14/h3-12,19H,1-2H3,(H2,23,26)/t19-,22+/m0/s1. The van der Waals surface area contributed by atoms with E-state index in [0.717, 1.165) is 32.7 Å². The Hall–Kier alpha value is -3.52. The van der Waals surface area contributed by atoms with Gasteiger partial charge in [0.15, 0.2) is 5.96 Å². The lowest BCUT2D eigenvalue weighted by molar-refractivity contribution is -0.130. The number of carbonyl (C=O) groups is 1. The number of carbonyl (C=O) groups excluding carboxylic acids is 1. The van der Waals surface area contributed by atoms with Gasteiger partial charge in [0.2, 0.25) is 5.91 Å². The van der Waals surface area contributed by atoms with Crippen LogP contribution in [0.5, 0.6) is 0 Å². The van der Waals surface area contributed by atoms with Crippen molar-refractivity contribution in [3.8, 4) is 11.3 Å². The van der Waals surface area contributed by atoms with Gasteiger partial charge >= 0.3 is 0 Å². The third-order valence-electron chi connectivity index (χ3n) is 5.60. The number of amides is 1. The number of rotatable bonds is 3. The summed E-state index contributed by atoms with van der Waals surface area (Å²) in [5, 5.41) is 2.99. The molecule has 0 fully saturated rings. The van der Waals surface area contributed by atoms with Crippen LogP contribution < -0.4 is 5.73 Å². The van der Waals surface area contributed by atoms with Crippen molar-refractivity contribution in [2.45, 2.75) is 18.4 Å². The van der Waals surface area contributed by atoms with Crippen LogP contribution in [0.3, 0.4) is 0 Å². The van der Waals surface area contributed by atoms with Crippen molar-refractivity contribution in [3.63, 3.8) is 0 Å². The van der Waals surface area contributed by atoms with Crippen LogP contribution in [0, 0.1) is 0 Å². The lowest BCUT2D eigenvalue weighted by atomic mass is 9.77. The van der Waals surface area contributed by atoms with Crippen molar-refractivity contribution in [3.05, 3.63) is 71.0 Å². The van der Waals surface area contributed by atoms with Crippen molar-refractivity contribution in [1.29, 1.82) is 0 Å². The molecule has 0 saturated heterocycles. The number of aromatic nitrogens is 2. The molecule has 150 valence electrons. The fraction of sp³-hybridized carbons (Fsp3) is 0.182. The zero-order chi connectivity index (χ0) is 20.9. The average molecular weight is 417 g/mol. The van der Waals surface area contributed by atoms with E-state index < -0.39 is 11.5 Å². The van der Waals surface area contributed by atoms with E-state index in [1.54, 1.807) is 31.9 Å². The summed E-state index contributed by atoms with van der Waals surface area (Å²) in [6, 6.07) is 9.75. The Morgan fingerprint density at radius 2 is 2.10 bits per heavy atom. The third-order valence-corrected chi connectivity index (χ3v) is 6.76. The van der Waals surface area contributed by atoms with Gasteiger partial charge in [-0.3, -0.25) is 19.7 Å². The van der Waals surface area contributed by atoms with E-state index in [-0.39, 0.29) is 11.9 Å². The topological polar surface area (TPSA) is 97.6 Å². The van der Waals surface area contributed by atoms with Crippen LogP contribution in [0.1, 0.15) is 23.3 Å². The Bertz CT molecular complexity index is 1280. The molecule has 1 aliphatic rings. The second kappa shape index (κ2) is 6.77. The first-order valence-corrected chi connectivity index (χ1v) is 10.3. The van der Waals surface area contributed by atoms with Gasteiger partial charge in [-0.05, 0) is 30.7 Å². The van der Waals surface area contributed by atoms with Crippen molar-refractivity contribution in [1.82, 2.24) is 14.9 Å². The summed E-state index contributed by atoms with van der Waals surface area (Å²) in [5.41, 5.74) is 8.55. The van der Waals surface area contributed by atoms with Gasteiger partial charge in [-0.2, -0.15) is 0 Å². The van der Waals surface area contributed by atoms with Gasteiger partial charge in [0.25, 0.3) is 0 Å². The molecule has 2 N–H and O–H groups in total. The zero-order valence-electron chi connectivity index (χ0n) is 16.4. The number of benzene rings is 1. The molecular formula is C22H19N5O2S. The summed E-state index contributed by atoms with van der Waals surface area (Å²) < 4.78 is 5.57. The predicted octanol–water partition coefficient (Wildman–Crippen LogP) is 3.74. The summed E-state index contributed by atoms with van der Waals surface area (Å²) in [4.78, 5) is 29.0. The van der Waals surface area contributed by atoms with Crippen molar-refractivity contribution in [2.24, 2.45) is 10.7 Å². The van der Waals surface area contributed by atoms with Gasteiger partial charge in [0, 0.05) is 40.6 Å². The Balaban J connectivity index is 1.66. The molecule has 8 heteroatoms. The number of hydrogen-bond donors (Lipinski definition) is 1. The minimum absolute atomic E-state index is 0.106. The minimum Gasteiger partial charge on any atom is -0.464 e. The molecule has 0 unspecified atom stereocenters. The number of likely N-dealkylation sites (N-methyl/N-ethyl adjacent to an activating group) is 1. The summed E-state index contributed by atoms with van der Waals surface area (Å²) in [5.74, 6) is -0.449. The van der Waals surface area contributed by atoms with Crippen molar-refractivity contribution in [2.75, 3.05) is 7.05 Å². The quantitative estimate of drug-likeness (QED) is 0.548. The molecule has 3 aromatic heterocycles. The highest BCUT2D eigenvalue weighted by Crippen LogP contribution is 2.47. The van der Waals surface area contributed by atoms with Crippen LogP contribution in [0.15, 0.2) is 70.0 Å². The normalized spacial score (nSPS) is 21.8. The fourth-order valence-corrected chi connectivity index (χ4v) is 4.96. The highest BCUT2D eigenvalue weighted by atomic mass is 32.1. The number of hydrogen-bond acceptors (Lipinski definition) is 7. The molecule has 4 heterocycles. The zero-order valence-corrected chi connectivity index (χ0v) is 17.3. The molecular weight excluding hydrogens is 398 g/mol. The average Bonchev–Trinajstić information content (AvgIpc) is 3.42. The molecule has 1 aliphatic heterocycles. The molecule has 2 atom stereocenters. The monoisotopic (exact) mass is 417 g/mol. The lowest BCUT2D eigenvalue weighted by Gasteiger charge is -2.40. The molecule has 30 heavy (non-hydrogen) atoms. The van der Waals surface area contributed by atoms with Crippen LogP contribution in [0.2, 0.25) is 0 Å². The van der Waals surface area contributed by atoms with E-state index in [0.29, 0.717) is 0 Å². The van der Waals surface area contributed by atoms with Gasteiger partial charge in [-0.15, -0.1) is 11.3 Å². The van der Waals surface area contributed by atoms with Gasteiger partial charge in [0.05, 0.1) is 24.1 Å². The van der Waals surface area contributed by atoms with Crippen molar-refractivity contribution >= 4 is 34.2 Å². The van der Waals surface area contributed by atoms with Crippen LogP contribution in [-0.4, -0.2) is 33.8 Å². The first-order valence-electron chi connectivity index (χ1n) is 9.43. The number of guanidine groups is 1. The maximum absolute atomic E-state index is 13.4. The van der Waals surface area contributed by atoms with E-state index in [9.17, 15) is 4.79 Å². The summed E-state index contributed by atoms with van der Waals surface area (Å²) in [6.45, 7) is 1.95. The third kappa shape index (κ3) is 2.80. The summed E-state index contributed by atoms with van der Waals surface area (Å²) in [6.07, 6.45) is 6.66. The molecule has 0 spiro atoms.